The Morgan fingerprint density at radius 1 is 1.04 bits per heavy atom. The van der Waals surface area contributed by atoms with Crippen LogP contribution in [0.4, 0.5) is 0 Å². The van der Waals surface area contributed by atoms with Crippen LogP contribution >= 0.6 is 0 Å². The van der Waals surface area contributed by atoms with Crippen LogP contribution in [0, 0.1) is 6.92 Å². The largest absolute Gasteiger partial charge is 0.455 e. The predicted octanol–water partition coefficient (Wildman–Crippen LogP) is 3.02. The van der Waals surface area contributed by atoms with Gasteiger partial charge in [0.25, 0.3) is 5.91 Å². The minimum Gasteiger partial charge on any atom is -0.455 e. The molecular weight excluding hydrogens is 378 g/mol. The lowest BCUT2D eigenvalue weighted by molar-refractivity contribution is -0.181. The third kappa shape index (κ3) is 4.37. The highest BCUT2D eigenvalue weighted by atomic mass is 32.2. The Balaban J connectivity index is 1.31. The molecule has 2 saturated heterocycles. The summed E-state index contributed by atoms with van der Waals surface area (Å²) in [6, 6.07) is 11.4. The maximum Gasteiger partial charge on any atom is 0.289 e. The Labute approximate surface area is 167 Å². The van der Waals surface area contributed by atoms with E-state index in [1.54, 1.807) is 17.0 Å². The Hall–Kier alpha value is -1.96. The van der Waals surface area contributed by atoms with Crippen LogP contribution < -0.4 is 0 Å². The number of carbonyl (C=O) groups is 1. The van der Waals surface area contributed by atoms with Gasteiger partial charge in [-0.2, -0.15) is 0 Å². The molecule has 0 aliphatic carbocycles. The highest BCUT2D eigenvalue weighted by Crippen LogP contribution is 2.31. The summed E-state index contributed by atoms with van der Waals surface area (Å²) >= 11 is 0. The average molecular weight is 404 g/mol. The molecule has 2 aromatic rings. The highest BCUT2D eigenvalue weighted by molar-refractivity contribution is 7.83. The predicted molar refractivity (Wildman–Crippen MR) is 105 cm³/mol. The molecule has 4 rings (SSSR count). The second-order valence-electron chi connectivity index (χ2n) is 7.38. The van der Waals surface area contributed by atoms with Gasteiger partial charge in [-0.3, -0.25) is 9.00 Å². The maximum absolute atomic E-state index is 12.7. The number of nitrogens with zero attached hydrogens (tertiary/aromatic N) is 1. The molecule has 0 unspecified atom stereocenters. The molecule has 28 heavy (non-hydrogen) atoms. The van der Waals surface area contributed by atoms with Gasteiger partial charge in [-0.25, -0.2) is 0 Å². The third-order valence-electron chi connectivity index (χ3n) is 5.25. The van der Waals surface area contributed by atoms with Crippen LogP contribution in [0.5, 0.6) is 0 Å². The minimum atomic E-state index is -1.09. The zero-order valence-corrected chi connectivity index (χ0v) is 16.8. The van der Waals surface area contributed by atoms with Gasteiger partial charge < -0.3 is 18.8 Å². The molecule has 0 bridgehead atoms. The van der Waals surface area contributed by atoms with Crippen molar-refractivity contribution in [3.8, 4) is 0 Å². The van der Waals surface area contributed by atoms with E-state index in [0.29, 0.717) is 62.2 Å². The molecular formula is C21H25NO5S. The van der Waals surface area contributed by atoms with Gasteiger partial charge >= 0.3 is 0 Å². The molecule has 0 saturated carbocycles. The van der Waals surface area contributed by atoms with Crippen molar-refractivity contribution in [2.75, 3.05) is 26.3 Å². The van der Waals surface area contributed by atoms with Crippen molar-refractivity contribution >= 4 is 16.7 Å². The van der Waals surface area contributed by atoms with E-state index in [-0.39, 0.29) is 5.91 Å². The maximum atomic E-state index is 12.7. The summed E-state index contributed by atoms with van der Waals surface area (Å²) in [6.07, 6.45) is 1.35. The number of hydrogen-bond donors (Lipinski definition) is 0. The van der Waals surface area contributed by atoms with Crippen LogP contribution in [-0.4, -0.2) is 47.1 Å². The van der Waals surface area contributed by atoms with Gasteiger partial charge in [0.05, 0.1) is 19.0 Å². The zero-order chi connectivity index (χ0) is 19.6. The van der Waals surface area contributed by atoms with E-state index in [0.717, 1.165) is 5.56 Å². The standard InChI is InChI=1S/C21H25NO5S/c1-16-2-4-17(5-3-16)14-28(24)15-18-6-7-19(27-18)20(23)22-10-8-21(9-11-22)25-12-13-26-21/h2-7H,8-15H2,1H3/t28-/m0/s1. The second-order valence-corrected chi connectivity index (χ2v) is 8.84. The van der Waals surface area contributed by atoms with Gasteiger partial charge in [0.15, 0.2) is 11.5 Å². The van der Waals surface area contributed by atoms with Gasteiger partial charge in [-0.15, -0.1) is 0 Å². The van der Waals surface area contributed by atoms with Crippen LogP contribution in [0.25, 0.3) is 0 Å². The van der Waals surface area contributed by atoms with Crippen molar-refractivity contribution in [2.45, 2.75) is 37.1 Å². The summed E-state index contributed by atoms with van der Waals surface area (Å²) in [5.41, 5.74) is 2.21. The molecule has 0 N–H and O–H groups in total. The fraction of sp³-hybridized carbons (Fsp3) is 0.476. The molecule has 150 valence electrons. The molecule has 0 radical (unpaired) electrons. The molecule has 1 aromatic heterocycles. The van der Waals surface area contributed by atoms with Crippen LogP contribution in [0.2, 0.25) is 0 Å². The lowest BCUT2D eigenvalue weighted by Gasteiger charge is -2.37. The summed E-state index contributed by atoms with van der Waals surface area (Å²) in [6.45, 7) is 4.42. The number of rotatable bonds is 5. The number of furan rings is 1. The molecule has 1 spiro atoms. The Kier molecular flexibility index (Phi) is 5.66. The lowest BCUT2D eigenvalue weighted by atomic mass is 10.0. The Morgan fingerprint density at radius 3 is 2.39 bits per heavy atom. The quantitative estimate of drug-likeness (QED) is 0.768. The first-order valence-electron chi connectivity index (χ1n) is 9.59. The average Bonchev–Trinajstić information content (AvgIpc) is 3.34. The van der Waals surface area contributed by atoms with Crippen molar-refractivity contribution in [3.05, 3.63) is 59.0 Å². The SMILES string of the molecule is Cc1ccc(C[S@](=O)Cc2ccc(C(=O)N3CCC4(CC3)OCCO4)o2)cc1. The van der Waals surface area contributed by atoms with E-state index >= 15 is 0 Å². The first kappa shape index (κ1) is 19.4. The molecule has 2 aliphatic rings. The minimum absolute atomic E-state index is 0.136. The lowest BCUT2D eigenvalue weighted by Crippen LogP contribution is -2.47. The third-order valence-corrected chi connectivity index (χ3v) is 6.51. The van der Waals surface area contributed by atoms with Crippen molar-refractivity contribution in [2.24, 2.45) is 0 Å². The number of benzene rings is 1. The molecule has 1 amide bonds. The molecule has 1 aromatic carbocycles. The van der Waals surface area contributed by atoms with Gasteiger partial charge in [0.2, 0.25) is 0 Å². The van der Waals surface area contributed by atoms with Gasteiger partial charge in [-0.1, -0.05) is 29.8 Å². The van der Waals surface area contributed by atoms with E-state index < -0.39 is 16.6 Å². The monoisotopic (exact) mass is 403 g/mol. The van der Waals surface area contributed by atoms with Crippen LogP contribution in [-0.2, 0) is 31.8 Å². The van der Waals surface area contributed by atoms with Crippen molar-refractivity contribution in [3.63, 3.8) is 0 Å². The van der Waals surface area contributed by atoms with Crippen molar-refractivity contribution in [1.82, 2.24) is 4.90 Å². The second kappa shape index (κ2) is 8.19. The summed E-state index contributed by atoms with van der Waals surface area (Å²) < 4.78 is 29.5. The van der Waals surface area contributed by atoms with Gasteiger partial charge in [0.1, 0.15) is 5.76 Å². The number of hydrogen-bond acceptors (Lipinski definition) is 5. The first-order valence-corrected chi connectivity index (χ1v) is 11.1. The Morgan fingerprint density at radius 2 is 1.71 bits per heavy atom. The van der Waals surface area contributed by atoms with E-state index in [1.165, 1.54) is 5.56 Å². The summed E-state index contributed by atoms with van der Waals surface area (Å²) in [5, 5.41) is 0. The molecule has 7 heteroatoms. The summed E-state index contributed by atoms with van der Waals surface area (Å²) in [7, 11) is -1.09. The molecule has 6 nitrogen and oxygen atoms in total. The molecule has 3 heterocycles. The number of piperidine rings is 1. The van der Waals surface area contributed by atoms with E-state index in [2.05, 4.69) is 0 Å². The number of aryl methyl sites for hydroxylation is 1. The molecule has 2 aliphatic heterocycles. The highest BCUT2D eigenvalue weighted by Gasteiger charge is 2.41. The van der Waals surface area contributed by atoms with Crippen LogP contribution in [0.1, 0.15) is 40.3 Å². The Bertz CT molecular complexity index is 844. The normalized spacial score (nSPS) is 19.8. The number of ether oxygens (including phenoxy) is 2. The van der Waals surface area contributed by atoms with Crippen molar-refractivity contribution in [1.29, 1.82) is 0 Å². The number of likely N-dealkylation sites (tertiary alicyclic amines) is 1. The number of amides is 1. The van der Waals surface area contributed by atoms with E-state index in [4.69, 9.17) is 13.9 Å². The van der Waals surface area contributed by atoms with Gasteiger partial charge in [-0.05, 0) is 24.6 Å². The van der Waals surface area contributed by atoms with Gasteiger partial charge in [0, 0.05) is 42.5 Å². The summed E-state index contributed by atoms with van der Waals surface area (Å²) in [5.74, 6) is 1.00. The topological polar surface area (TPSA) is 69.0 Å². The fourth-order valence-electron chi connectivity index (χ4n) is 3.64. The summed E-state index contributed by atoms with van der Waals surface area (Å²) in [4.78, 5) is 14.5. The van der Waals surface area contributed by atoms with Crippen LogP contribution in [0.3, 0.4) is 0 Å². The first-order chi connectivity index (χ1) is 13.5. The molecule has 2 fully saturated rings. The zero-order valence-electron chi connectivity index (χ0n) is 16.0. The van der Waals surface area contributed by atoms with Crippen LogP contribution in [0.15, 0.2) is 40.8 Å². The van der Waals surface area contributed by atoms with E-state index in [1.807, 2.05) is 31.2 Å². The smallest absolute Gasteiger partial charge is 0.289 e. The van der Waals surface area contributed by atoms with E-state index in [9.17, 15) is 9.00 Å². The fourth-order valence-corrected chi connectivity index (χ4v) is 4.78. The number of carbonyl (C=O) groups excluding carboxylic acids is 1. The van der Waals surface area contributed by atoms with Crippen molar-refractivity contribution < 1.29 is 22.9 Å². The molecule has 1 atom stereocenters.